The van der Waals surface area contributed by atoms with Gasteiger partial charge in [0.2, 0.25) is 10.0 Å². The Hall–Kier alpha value is -1.93. The van der Waals surface area contributed by atoms with Gasteiger partial charge in [0.25, 0.3) is 0 Å². The molecule has 0 fully saturated rings. The summed E-state index contributed by atoms with van der Waals surface area (Å²) in [7, 11) is -1.65. The first-order valence-corrected chi connectivity index (χ1v) is 7.46. The van der Waals surface area contributed by atoms with Gasteiger partial charge in [0.15, 0.2) is 0 Å². The van der Waals surface area contributed by atoms with Crippen molar-refractivity contribution in [2.75, 3.05) is 14.2 Å². The number of hydrogen-bond acceptors (Lipinski definition) is 5. The second-order valence-corrected chi connectivity index (χ2v) is 6.50. The van der Waals surface area contributed by atoms with Crippen molar-refractivity contribution in [2.24, 2.45) is 0 Å². The Morgan fingerprint density at radius 1 is 1.33 bits per heavy atom. The number of carbonyl (C=O) groups is 2. The van der Waals surface area contributed by atoms with Crippen LogP contribution in [0.1, 0.15) is 22.8 Å². The molecule has 1 unspecified atom stereocenters. The molecule has 1 N–H and O–H groups in total. The maximum atomic E-state index is 12.4. The smallest absolute Gasteiger partial charge is 0.338 e. The molecule has 0 bridgehead atoms. The highest BCUT2D eigenvalue weighted by Crippen LogP contribution is 2.20. The molecule has 0 saturated heterocycles. The number of nitrogens with zero attached hydrogens (tertiary/aromatic N) is 1. The van der Waals surface area contributed by atoms with Crippen LogP contribution in [0.4, 0.5) is 0 Å². The van der Waals surface area contributed by atoms with Crippen LogP contribution in [0, 0.1) is 6.92 Å². The predicted octanol–water partition coefficient (Wildman–Crippen LogP) is 0.875. The molecule has 8 heteroatoms. The largest absolute Gasteiger partial charge is 0.480 e. The number of carbonyl (C=O) groups excluding carboxylic acids is 1. The minimum Gasteiger partial charge on any atom is -0.480 e. The Morgan fingerprint density at radius 3 is 2.38 bits per heavy atom. The topological polar surface area (TPSA) is 101 Å². The van der Waals surface area contributed by atoms with Gasteiger partial charge in [0.05, 0.1) is 17.6 Å². The summed E-state index contributed by atoms with van der Waals surface area (Å²) in [6, 6.07) is 2.75. The van der Waals surface area contributed by atoms with E-state index in [1.54, 1.807) is 6.92 Å². The third-order valence-corrected chi connectivity index (χ3v) is 5.12. The van der Waals surface area contributed by atoms with Gasteiger partial charge in [-0.3, -0.25) is 4.79 Å². The fourth-order valence-corrected chi connectivity index (χ4v) is 2.97. The molecule has 0 heterocycles. The molecular weight excluding hydrogens is 298 g/mol. The maximum absolute atomic E-state index is 12.4. The van der Waals surface area contributed by atoms with Gasteiger partial charge in [-0.25, -0.2) is 13.2 Å². The minimum absolute atomic E-state index is 0.120. The summed E-state index contributed by atoms with van der Waals surface area (Å²) in [5.41, 5.74) is 0.685. The highest BCUT2D eigenvalue weighted by Gasteiger charge is 2.30. The zero-order valence-corrected chi connectivity index (χ0v) is 13.0. The number of aryl methyl sites for hydroxylation is 1. The number of aliphatic carboxylic acids is 1. The summed E-state index contributed by atoms with van der Waals surface area (Å²) >= 11 is 0. The number of methoxy groups -OCH3 is 1. The standard InChI is InChI=1S/C13H17NO6S/c1-8-5-6-10(7-11(8)13(17)20-4)21(18,19)14(3)9(2)12(15)16/h5-7,9H,1-4H3,(H,15,16). The Morgan fingerprint density at radius 2 is 1.90 bits per heavy atom. The van der Waals surface area contributed by atoms with E-state index in [1.165, 1.54) is 39.3 Å². The molecule has 0 aliphatic carbocycles. The minimum atomic E-state index is -4.02. The zero-order valence-electron chi connectivity index (χ0n) is 12.2. The number of carboxylic acids is 1. The summed E-state index contributed by atoms with van der Waals surface area (Å²) in [4.78, 5) is 22.4. The van der Waals surface area contributed by atoms with Crippen molar-refractivity contribution in [2.45, 2.75) is 24.8 Å². The predicted molar refractivity (Wildman–Crippen MR) is 74.6 cm³/mol. The van der Waals surface area contributed by atoms with E-state index in [1.807, 2.05) is 0 Å². The van der Waals surface area contributed by atoms with Gasteiger partial charge in [-0.2, -0.15) is 4.31 Å². The lowest BCUT2D eigenvalue weighted by Gasteiger charge is -2.21. The number of ether oxygens (including phenoxy) is 1. The Labute approximate surface area is 123 Å². The van der Waals surface area contributed by atoms with Crippen LogP contribution >= 0.6 is 0 Å². The average molecular weight is 315 g/mol. The first kappa shape index (κ1) is 17.1. The van der Waals surface area contributed by atoms with Crippen molar-refractivity contribution in [1.29, 1.82) is 0 Å². The van der Waals surface area contributed by atoms with Gasteiger partial charge >= 0.3 is 11.9 Å². The van der Waals surface area contributed by atoms with Crippen LogP contribution in [-0.2, 0) is 19.6 Å². The second-order valence-electron chi connectivity index (χ2n) is 4.50. The molecular formula is C13H17NO6S. The van der Waals surface area contributed by atoms with E-state index in [0.29, 0.717) is 5.56 Å². The molecule has 1 aromatic carbocycles. The average Bonchev–Trinajstić information content (AvgIpc) is 2.44. The first-order chi connectivity index (χ1) is 9.62. The van der Waals surface area contributed by atoms with Crippen molar-refractivity contribution in [1.82, 2.24) is 4.31 Å². The monoisotopic (exact) mass is 315 g/mol. The lowest BCUT2D eigenvalue weighted by Crippen LogP contribution is -2.40. The van der Waals surface area contributed by atoms with E-state index in [2.05, 4.69) is 4.74 Å². The van der Waals surface area contributed by atoms with Crippen LogP contribution in [0.25, 0.3) is 0 Å². The molecule has 0 amide bonds. The first-order valence-electron chi connectivity index (χ1n) is 6.02. The van der Waals surface area contributed by atoms with Gasteiger partial charge in [-0.1, -0.05) is 6.07 Å². The Balaban J connectivity index is 3.33. The molecule has 0 spiro atoms. The third-order valence-electron chi connectivity index (χ3n) is 3.19. The molecule has 0 aliphatic heterocycles. The normalized spacial score (nSPS) is 13.0. The van der Waals surface area contributed by atoms with Crippen LogP contribution in [0.5, 0.6) is 0 Å². The Bertz CT molecular complexity index is 667. The van der Waals surface area contributed by atoms with Crippen molar-refractivity contribution >= 4 is 22.0 Å². The molecule has 7 nitrogen and oxygen atoms in total. The van der Waals surface area contributed by atoms with Crippen LogP contribution in [-0.4, -0.2) is 50.0 Å². The molecule has 21 heavy (non-hydrogen) atoms. The SMILES string of the molecule is COC(=O)c1cc(S(=O)(=O)N(C)C(C)C(=O)O)ccc1C. The number of carboxylic acid groups (broad SMARTS) is 1. The quantitative estimate of drug-likeness (QED) is 0.809. The third kappa shape index (κ3) is 3.40. The summed E-state index contributed by atoms with van der Waals surface area (Å²) in [6.45, 7) is 2.90. The highest BCUT2D eigenvalue weighted by molar-refractivity contribution is 7.89. The number of hydrogen-bond donors (Lipinski definition) is 1. The van der Waals surface area contributed by atoms with Gasteiger partial charge in [0.1, 0.15) is 6.04 Å². The molecule has 1 atom stereocenters. The maximum Gasteiger partial charge on any atom is 0.338 e. The van der Waals surface area contributed by atoms with Crippen LogP contribution < -0.4 is 0 Å². The van der Waals surface area contributed by atoms with E-state index in [-0.39, 0.29) is 10.5 Å². The number of rotatable bonds is 5. The summed E-state index contributed by atoms with van der Waals surface area (Å²) in [6.07, 6.45) is 0. The van der Waals surface area contributed by atoms with Crippen LogP contribution in [0.2, 0.25) is 0 Å². The number of likely N-dealkylation sites (N-methyl/N-ethyl adjacent to an activating group) is 1. The van der Waals surface area contributed by atoms with Crippen molar-refractivity contribution in [3.05, 3.63) is 29.3 Å². The molecule has 116 valence electrons. The summed E-state index contributed by atoms with van der Waals surface area (Å²) in [5.74, 6) is -1.92. The van der Waals surface area contributed by atoms with Gasteiger partial charge in [-0.05, 0) is 31.5 Å². The summed E-state index contributed by atoms with van der Waals surface area (Å²) < 4.78 is 30.1. The van der Waals surface area contributed by atoms with E-state index in [9.17, 15) is 18.0 Å². The summed E-state index contributed by atoms with van der Waals surface area (Å²) in [5, 5.41) is 8.91. The van der Waals surface area contributed by atoms with Crippen LogP contribution in [0.15, 0.2) is 23.1 Å². The van der Waals surface area contributed by atoms with Gasteiger partial charge < -0.3 is 9.84 Å². The van der Waals surface area contributed by atoms with E-state index >= 15 is 0 Å². The lowest BCUT2D eigenvalue weighted by atomic mass is 10.1. The second kappa shape index (κ2) is 6.23. The molecule has 0 aromatic heterocycles. The molecule has 0 saturated carbocycles. The zero-order chi connectivity index (χ0) is 16.4. The van der Waals surface area contributed by atoms with Crippen molar-refractivity contribution in [3.8, 4) is 0 Å². The van der Waals surface area contributed by atoms with Gasteiger partial charge in [0, 0.05) is 7.05 Å². The molecule has 1 aromatic rings. The molecule has 0 radical (unpaired) electrons. The van der Waals surface area contributed by atoms with Crippen molar-refractivity contribution in [3.63, 3.8) is 0 Å². The van der Waals surface area contributed by atoms with Crippen molar-refractivity contribution < 1.29 is 27.9 Å². The molecule has 1 rings (SSSR count). The van der Waals surface area contributed by atoms with E-state index in [4.69, 9.17) is 5.11 Å². The number of esters is 1. The van der Waals surface area contributed by atoms with Crippen LogP contribution in [0.3, 0.4) is 0 Å². The van der Waals surface area contributed by atoms with E-state index in [0.717, 1.165) is 4.31 Å². The number of benzene rings is 1. The van der Waals surface area contributed by atoms with E-state index < -0.39 is 28.0 Å². The molecule has 0 aliphatic rings. The van der Waals surface area contributed by atoms with Gasteiger partial charge in [-0.15, -0.1) is 0 Å². The fraction of sp³-hybridized carbons (Fsp3) is 0.385. The highest BCUT2D eigenvalue weighted by atomic mass is 32.2. The fourth-order valence-electron chi connectivity index (χ4n) is 1.62. The number of sulfonamides is 1. The Kier molecular flexibility index (Phi) is 5.08. The lowest BCUT2D eigenvalue weighted by molar-refractivity contribution is -0.140.